The van der Waals surface area contributed by atoms with Crippen LogP contribution in [0, 0.1) is 0 Å². The highest BCUT2D eigenvalue weighted by atomic mass is 32.1. The summed E-state index contributed by atoms with van der Waals surface area (Å²) in [5, 5.41) is 5.16. The van der Waals surface area contributed by atoms with Crippen molar-refractivity contribution in [2.24, 2.45) is 0 Å². The molecule has 1 aliphatic heterocycles. The van der Waals surface area contributed by atoms with E-state index in [9.17, 15) is 4.79 Å². The standard InChI is InChI=1S/C17H21N3O2S/c1-3-8-18-17(23)20-9-7-14-13(10-20)11-5-4-6-12(15(11)19-14)16(21)22-2/h4-6,19H,3,7-10H2,1-2H3,(H,18,23). The highest BCUT2D eigenvalue weighted by molar-refractivity contribution is 7.80. The Morgan fingerprint density at radius 2 is 2.30 bits per heavy atom. The van der Waals surface area contributed by atoms with Crippen LogP contribution in [0.4, 0.5) is 0 Å². The van der Waals surface area contributed by atoms with Crippen molar-refractivity contribution in [3.05, 3.63) is 35.0 Å². The molecule has 23 heavy (non-hydrogen) atoms. The predicted molar refractivity (Wildman–Crippen MR) is 94.6 cm³/mol. The molecule has 2 N–H and O–H groups in total. The van der Waals surface area contributed by atoms with Crippen LogP contribution in [0.3, 0.4) is 0 Å². The van der Waals surface area contributed by atoms with E-state index in [4.69, 9.17) is 17.0 Å². The van der Waals surface area contributed by atoms with Gasteiger partial charge < -0.3 is 19.9 Å². The Kier molecular flexibility index (Phi) is 4.52. The van der Waals surface area contributed by atoms with Gasteiger partial charge in [0.1, 0.15) is 0 Å². The number of aromatic amines is 1. The number of nitrogens with zero attached hydrogens (tertiary/aromatic N) is 1. The number of carbonyl (C=O) groups excluding carboxylic acids is 1. The highest BCUT2D eigenvalue weighted by Gasteiger charge is 2.24. The fourth-order valence-electron chi connectivity index (χ4n) is 3.04. The lowest BCUT2D eigenvalue weighted by Gasteiger charge is -2.29. The van der Waals surface area contributed by atoms with Gasteiger partial charge in [0.15, 0.2) is 5.11 Å². The summed E-state index contributed by atoms with van der Waals surface area (Å²) in [6.07, 6.45) is 1.94. The lowest BCUT2D eigenvalue weighted by atomic mass is 10.0. The Bertz CT molecular complexity index is 754. The maximum absolute atomic E-state index is 11.9. The molecule has 0 unspecified atom stereocenters. The van der Waals surface area contributed by atoms with Crippen LogP contribution in [0.25, 0.3) is 10.9 Å². The molecule has 0 saturated carbocycles. The second kappa shape index (κ2) is 6.58. The van der Waals surface area contributed by atoms with E-state index in [-0.39, 0.29) is 5.97 Å². The third kappa shape index (κ3) is 2.91. The normalized spacial score (nSPS) is 13.7. The van der Waals surface area contributed by atoms with Crippen LogP contribution in [0.2, 0.25) is 0 Å². The number of esters is 1. The smallest absolute Gasteiger partial charge is 0.339 e. The molecular formula is C17H21N3O2S. The van der Waals surface area contributed by atoms with E-state index in [1.54, 1.807) is 6.07 Å². The van der Waals surface area contributed by atoms with Gasteiger partial charge in [0.05, 0.1) is 18.2 Å². The maximum atomic E-state index is 11.9. The predicted octanol–water partition coefficient (Wildman–Crippen LogP) is 2.60. The molecule has 1 aromatic carbocycles. The van der Waals surface area contributed by atoms with Crippen LogP contribution in [0.5, 0.6) is 0 Å². The van der Waals surface area contributed by atoms with Gasteiger partial charge in [-0.25, -0.2) is 4.79 Å². The van der Waals surface area contributed by atoms with E-state index in [0.717, 1.165) is 48.5 Å². The Labute approximate surface area is 141 Å². The highest BCUT2D eigenvalue weighted by Crippen LogP contribution is 2.30. The SMILES string of the molecule is CCCNC(=S)N1CCc2[nH]c3c(C(=O)OC)cccc3c2C1. The molecule has 1 aliphatic rings. The lowest BCUT2D eigenvalue weighted by molar-refractivity contribution is 0.0603. The zero-order valence-electron chi connectivity index (χ0n) is 13.4. The molecule has 2 heterocycles. The van der Waals surface area contributed by atoms with Gasteiger partial charge >= 0.3 is 5.97 Å². The Morgan fingerprint density at radius 1 is 1.48 bits per heavy atom. The number of ether oxygens (including phenoxy) is 1. The minimum Gasteiger partial charge on any atom is -0.465 e. The van der Waals surface area contributed by atoms with Crippen LogP contribution in [-0.2, 0) is 17.7 Å². The van der Waals surface area contributed by atoms with Crippen molar-refractivity contribution in [3.8, 4) is 0 Å². The molecule has 2 aromatic rings. The number of nitrogens with one attached hydrogen (secondary N) is 2. The van der Waals surface area contributed by atoms with Crippen LogP contribution in [-0.4, -0.2) is 41.2 Å². The zero-order valence-corrected chi connectivity index (χ0v) is 14.3. The molecular weight excluding hydrogens is 310 g/mol. The number of hydrogen-bond donors (Lipinski definition) is 2. The van der Waals surface area contributed by atoms with Gasteiger partial charge in [0, 0.05) is 42.7 Å². The largest absolute Gasteiger partial charge is 0.465 e. The van der Waals surface area contributed by atoms with Gasteiger partial charge in [-0.15, -0.1) is 0 Å². The molecule has 5 nitrogen and oxygen atoms in total. The summed E-state index contributed by atoms with van der Waals surface area (Å²) in [7, 11) is 1.41. The number of thiocarbonyl (C=S) groups is 1. The van der Waals surface area contributed by atoms with Crippen molar-refractivity contribution in [1.29, 1.82) is 0 Å². The molecule has 0 saturated heterocycles. The summed E-state index contributed by atoms with van der Waals surface area (Å²) >= 11 is 5.48. The van der Waals surface area contributed by atoms with Crippen molar-refractivity contribution in [2.75, 3.05) is 20.2 Å². The lowest BCUT2D eigenvalue weighted by Crippen LogP contribution is -2.42. The monoisotopic (exact) mass is 331 g/mol. The minimum atomic E-state index is -0.314. The van der Waals surface area contributed by atoms with Gasteiger partial charge in [0.2, 0.25) is 0 Å². The molecule has 0 amide bonds. The summed E-state index contributed by atoms with van der Waals surface area (Å²) in [6.45, 7) is 4.65. The molecule has 0 bridgehead atoms. The number of carbonyl (C=O) groups is 1. The molecule has 0 aliphatic carbocycles. The van der Waals surface area contributed by atoms with Gasteiger partial charge in [-0.3, -0.25) is 0 Å². The summed E-state index contributed by atoms with van der Waals surface area (Å²) in [5.74, 6) is -0.314. The number of hydrogen-bond acceptors (Lipinski definition) is 3. The van der Waals surface area contributed by atoms with Gasteiger partial charge in [-0.2, -0.15) is 0 Å². The first kappa shape index (κ1) is 15.8. The van der Waals surface area contributed by atoms with E-state index in [2.05, 4.69) is 22.1 Å². The van der Waals surface area contributed by atoms with Crippen LogP contribution in [0.15, 0.2) is 18.2 Å². The first-order valence-electron chi connectivity index (χ1n) is 7.89. The molecule has 1 aromatic heterocycles. The molecule has 122 valence electrons. The molecule has 0 atom stereocenters. The molecule has 6 heteroatoms. The summed E-state index contributed by atoms with van der Waals surface area (Å²) < 4.78 is 4.88. The molecule has 0 spiro atoms. The van der Waals surface area contributed by atoms with Crippen LogP contribution >= 0.6 is 12.2 Å². The Morgan fingerprint density at radius 3 is 3.04 bits per heavy atom. The van der Waals surface area contributed by atoms with Crippen molar-refractivity contribution in [1.82, 2.24) is 15.2 Å². The third-order valence-electron chi connectivity index (χ3n) is 4.23. The van der Waals surface area contributed by atoms with Gasteiger partial charge in [-0.1, -0.05) is 19.1 Å². The fourth-order valence-corrected chi connectivity index (χ4v) is 3.29. The number of aromatic nitrogens is 1. The van der Waals surface area contributed by atoms with Gasteiger partial charge in [0.25, 0.3) is 0 Å². The first-order valence-corrected chi connectivity index (χ1v) is 8.30. The van der Waals surface area contributed by atoms with Crippen molar-refractivity contribution in [3.63, 3.8) is 0 Å². The third-order valence-corrected chi connectivity index (χ3v) is 4.63. The number of fused-ring (bicyclic) bond motifs is 3. The summed E-state index contributed by atoms with van der Waals surface area (Å²) in [6, 6.07) is 5.74. The summed E-state index contributed by atoms with van der Waals surface area (Å²) in [5.41, 5.74) is 3.85. The van der Waals surface area contributed by atoms with Crippen LogP contribution < -0.4 is 5.32 Å². The maximum Gasteiger partial charge on any atom is 0.339 e. The minimum absolute atomic E-state index is 0.314. The number of methoxy groups -OCH3 is 1. The van der Waals surface area contributed by atoms with Gasteiger partial charge in [-0.05, 0) is 24.7 Å². The van der Waals surface area contributed by atoms with E-state index < -0.39 is 0 Å². The fraction of sp³-hybridized carbons (Fsp3) is 0.412. The Balaban J connectivity index is 1.94. The Hall–Kier alpha value is -2.08. The molecule has 3 rings (SSSR count). The average Bonchev–Trinajstić information content (AvgIpc) is 2.96. The topological polar surface area (TPSA) is 57.4 Å². The average molecular weight is 331 g/mol. The second-order valence-corrected chi connectivity index (χ2v) is 6.09. The van der Waals surface area contributed by atoms with E-state index in [0.29, 0.717) is 5.56 Å². The van der Waals surface area contributed by atoms with Crippen molar-refractivity contribution >= 4 is 34.2 Å². The second-order valence-electron chi connectivity index (χ2n) is 5.71. The molecule has 0 radical (unpaired) electrons. The number of benzene rings is 1. The van der Waals surface area contributed by atoms with Crippen LogP contribution in [0.1, 0.15) is 35.0 Å². The number of H-pyrrole nitrogens is 1. The molecule has 0 fully saturated rings. The van der Waals surface area contributed by atoms with Crippen molar-refractivity contribution in [2.45, 2.75) is 26.3 Å². The number of para-hydroxylation sites is 1. The number of rotatable bonds is 3. The van der Waals surface area contributed by atoms with E-state index in [1.807, 2.05) is 12.1 Å². The van der Waals surface area contributed by atoms with Crippen molar-refractivity contribution < 1.29 is 9.53 Å². The zero-order chi connectivity index (χ0) is 16.4. The quantitative estimate of drug-likeness (QED) is 0.669. The summed E-state index contributed by atoms with van der Waals surface area (Å²) in [4.78, 5) is 17.5. The van der Waals surface area contributed by atoms with E-state index in [1.165, 1.54) is 18.4 Å². The first-order chi connectivity index (χ1) is 11.2. The van der Waals surface area contributed by atoms with E-state index >= 15 is 0 Å².